The maximum atomic E-state index is 10.2. The minimum absolute atomic E-state index is 0.421. The van der Waals surface area contributed by atoms with Crippen LogP contribution in [0.3, 0.4) is 0 Å². The zero-order chi connectivity index (χ0) is 9.31. The van der Waals surface area contributed by atoms with Crippen LogP contribution >= 0.6 is 0 Å². The summed E-state index contributed by atoms with van der Waals surface area (Å²) in [6.07, 6.45) is 7.57. The summed E-state index contributed by atoms with van der Waals surface area (Å²) >= 11 is 0. The van der Waals surface area contributed by atoms with Crippen molar-refractivity contribution in [3.05, 3.63) is 11.8 Å². The molecular weight excluding hydrogens is 168 g/mol. The smallest absolute Gasteiger partial charge is 0.211 e. The molecule has 0 aromatic rings. The van der Waals surface area contributed by atoms with E-state index in [0.717, 1.165) is 19.3 Å². The van der Waals surface area contributed by atoms with Gasteiger partial charge in [0.05, 0.1) is 5.70 Å². The number of carbonyl (C=O) groups excluding carboxylic acids is 2. The molecule has 0 amide bonds. The van der Waals surface area contributed by atoms with Crippen molar-refractivity contribution in [1.29, 1.82) is 0 Å². The molecule has 66 valence electrons. The van der Waals surface area contributed by atoms with E-state index in [1.807, 2.05) is 6.08 Å². The predicted molar refractivity (Wildman–Crippen MR) is 44.4 cm³/mol. The Hall–Kier alpha value is -1.50. The van der Waals surface area contributed by atoms with E-state index in [2.05, 4.69) is 9.98 Å². The van der Waals surface area contributed by atoms with E-state index in [4.69, 9.17) is 0 Å². The average molecular weight is 176 g/mol. The van der Waals surface area contributed by atoms with E-state index in [0.29, 0.717) is 11.6 Å². The van der Waals surface area contributed by atoms with Crippen molar-refractivity contribution in [2.24, 2.45) is 15.9 Å². The van der Waals surface area contributed by atoms with Crippen molar-refractivity contribution in [2.45, 2.75) is 24.8 Å². The van der Waals surface area contributed by atoms with Crippen LogP contribution in [0.1, 0.15) is 19.3 Å². The van der Waals surface area contributed by atoms with Crippen LogP contribution in [0, 0.1) is 5.92 Å². The summed E-state index contributed by atoms with van der Waals surface area (Å²) in [4.78, 5) is 27.7. The van der Waals surface area contributed by atoms with Crippen molar-refractivity contribution in [2.75, 3.05) is 0 Å². The number of nitrogens with zero attached hydrogens (tertiary/aromatic N) is 2. The fraction of sp³-hybridized carbons (Fsp3) is 0.556. The van der Waals surface area contributed by atoms with Gasteiger partial charge < -0.3 is 0 Å². The first-order chi connectivity index (χ1) is 6.30. The molecule has 0 heterocycles. The monoisotopic (exact) mass is 176 g/mol. The molecule has 1 fully saturated rings. The van der Waals surface area contributed by atoms with Crippen LogP contribution in [-0.2, 0) is 9.59 Å². The molecule has 2 bridgehead atoms. The lowest BCUT2D eigenvalue weighted by Gasteiger charge is -2.18. The second kappa shape index (κ2) is 2.77. The van der Waals surface area contributed by atoms with Gasteiger partial charge in [0.15, 0.2) is 0 Å². The molecule has 0 aromatic heterocycles. The highest BCUT2D eigenvalue weighted by atomic mass is 16.1. The van der Waals surface area contributed by atoms with Crippen molar-refractivity contribution in [3.8, 4) is 0 Å². The highest BCUT2D eigenvalue weighted by molar-refractivity contribution is 5.46. The van der Waals surface area contributed by atoms with Gasteiger partial charge in [-0.1, -0.05) is 6.08 Å². The molecule has 0 aromatic carbocycles. The predicted octanol–water partition coefficient (Wildman–Crippen LogP) is 1.09. The number of rotatable bonds is 2. The van der Waals surface area contributed by atoms with Crippen LogP contribution in [0.25, 0.3) is 0 Å². The lowest BCUT2D eigenvalue weighted by molar-refractivity contribution is 0.503. The number of allylic oxidation sites excluding steroid dienone is 1. The van der Waals surface area contributed by atoms with E-state index in [1.165, 1.54) is 6.08 Å². The van der Waals surface area contributed by atoms with E-state index >= 15 is 0 Å². The van der Waals surface area contributed by atoms with E-state index < -0.39 is 5.54 Å². The normalized spacial score (nSPS) is 34.8. The summed E-state index contributed by atoms with van der Waals surface area (Å²) in [6, 6.07) is 0. The van der Waals surface area contributed by atoms with Gasteiger partial charge in [-0.15, -0.1) is 0 Å². The highest BCUT2D eigenvalue weighted by Crippen LogP contribution is 2.49. The third-order valence-electron chi connectivity index (χ3n) is 2.82. The lowest BCUT2D eigenvalue weighted by atomic mass is 9.96. The van der Waals surface area contributed by atoms with Gasteiger partial charge in [0.2, 0.25) is 12.2 Å². The van der Waals surface area contributed by atoms with Gasteiger partial charge in [0, 0.05) is 0 Å². The average Bonchev–Trinajstić information content (AvgIpc) is 2.63. The molecule has 13 heavy (non-hydrogen) atoms. The van der Waals surface area contributed by atoms with Gasteiger partial charge in [-0.3, -0.25) is 0 Å². The van der Waals surface area contributed by atoms with Crippen LogP contribution in [0.15, 0.2) is 21.8 Å². The fourth-order valence-electron chi connectivity index (χ4n) is 2.25. The fourth-order valence-corrected chi connectivity index (χ4v) is 2.25. The topological polar surface area (TPSA) is 58.9 Å². The van der Waals surface area contributed by atoms with E-state index in [-0.39, 0.29) is 0 Å². The second-order valence-electron chi connectivity index (χ2n) is 3.49. The van der Waals surface area contributed by atoms with Crippen LogP contribution < -0.4 is 0 Å². The van der Waals surface area contributed by atoms with Crippen LogP contribution in [0.2, 0.25) is 0 Å². The number of aliphatic imine (C=N–C) groups is 2. The molecule has 2 atom stereocenters. The third kappa shape index (κ3) is 1.08. The first-order valence-electron chi connectivity index (χ1n) is 4.20. The Bertz CT molecular complexity index is 362. The van der Waals surface area contributed by atoms with Crippen LogP contribution in [0.4, 0.5) is 0 Å². The zero-order valence-electron chi connectivity index (χ0n) is 6.99. The van der Waals surface area contributed by atoms with Crippen molar-refractivity contribution in [1.82, 2.24) is 0 Å². The SMILES string of the molecule is O=C=NC1=CC2CCC1(N=C=O)C2. The van der Waals surface area contributed by atoms with Gasteiger partial charge in [0.1, 0.15) is 5.54 Å². The first kappa shape index (κ1) is 8.11. The Morgan fingerprint density at radius 2 is 2.31 bits per heavy atom. The van der Waals surface area contributed by atoms with Gasteiger partial charge >= 0.3 is 0 Å². The van der Waals surface area contributed by atoms with Crippen molar-refractivity contribution < 1.29 is 9.59 Å². The van der Waals surface area contributed by atoms with Crippen LogP contribution in [0.5, 0.6) is 0 Å². The summed E-state index contributed by atoms with van der Waals surface area (Å²) in [5, 5.41) is 0. The quantitative estimate of drug-likeness (QED) is 0.467. The Morgan fingerprint density at radius 3 is 2.92 bits per heavy atom. The molecule has 2 rings (SSSR count). The molecule has 0 saturated heterocycles. The maximum absolute atomic E-state index is 10.2. The largest absolute Gasteiger partial charge is 0.240 e. The minimum Gasteiger partial charge on any atom is -0.211 e. The molecule has 0 spiro atoms. The van der Waals surface area contributed by atoms with Gasteiger partial charge in [-0.05, 0) is 25.2 Å². The van der Waals surface area contributed by atoms with E-state index in [9.17, 15) is 9.59 Å². The summed E-state index contributed by atoms with van der Waals surface area (Å²) in [5.41, 5.74) is 0.0613. The van der Waals surface area contributed by atoms with Gasteiger partial charge in [-0.2, -0.15) is 9.98 Å². The standard InChI is InChI=1S/C9H8N2O2/c12-5-10-8-3-7-1-2-9(8,4-7)11-6-13/h3,7H,1-2,4H2. The van der Waals surface area contributed by atoms with Gasteiger partial charge in [-0.25, -0.2) is 9.59 Å². The molecular formula is C9H8N2O2. The van der Waals surface area contributed by atoms with Crippen molar-refractivity contribution >= 4 is 12.2 Å². The number of fused-ring (bicyclic) bond motifs is 2. The molecule has 2 aliphatic carbocycles. The highest BCUT2D eigenvalue weighted by Gasteiger charge is 2.47. The molecule has 4 nitrogen and oxygen atoms in total. The molecule has 4 heteroatoms. The molecule has 0 aliphatic heterocycles. The number of hydrogen-bond acceptors (Lipinski definition) is 4. The molecule has 1 saturated carbocycles. The van der Waals surface area contributed by atoms with Crippen LogP contribution in [-0.4, -0.2) is 17.7 Å². The summed E-state index contributed by atoms with van der Waals surface area (Å²) in [6.45, 7) is 0. The first-order valence-corrected chi connectivity index (χ1v) is 4.20. The van der Waals surface area contributed by atoms with Crippen molar-refractivity contribution in [3.63, 3.8) is 0 Å². The summed E-state index contributed by atoms with van der Waals surface area (Å²) < 4.78 is 0. The Balaban J connectivity index is 2.42. The molecule has 2 aliphatic rings. The number of isocyanates is 2. The Kier molecular flexibility index (Phi) is 1.73. The number of hydrogen-bond donors (Lipinski definition) is 0. The molecule has 0 radical (unpaired) electrons. The Labute approximate surface area is 75.1 Å². The van der Waals surface area contributed by atoms with Gasteiger partial charge in [0.25, 0.3) is 0 Å². The third-order valence-corrected chi connectivity index (χ3v) is 2.82. The zero-order valence-corrected chi connectivity index (χ0v) is 6.99. The lowest BCUT2D eigenvalue weighted by Crippen LogP contribution is -2.21. The molecule has 0 N–H and O–H groups in total. The summed E-state index contributed by atoms with van der Waals surface area (Å²) in [5.74, 6) is 0.421. The second-order valence-corrected chi connectivity index (χ2v) is 3.49. The Morgan fingerprint density at radius 1 is 1.46 bits per heavy atom. The summed E-state index contributed by atoms with van der Waals surface area (Å²) in [7, 11) is 0. The maximum Gasteiger partial charge on any atom is 0.240 e. The van der Waals surface area contributed by atoms with E-state index in [1.54, 1.807) is 6.08 Å². The minimum atomic E-state index is -0.538. The molecule has 2 unspecified atom stereocenters.